The van der Waals surface area contributed by atoms with Gasteiger partial charge in [0.15, 0.2) is 0 Å². The molecule has 2 aromatic carbocycles. The van der Waals surface area contributed by atoms with E-state index in [2.05, 4.69) is 107 Å². The van der Waals surface area contributed by atoms with Crippen LogP contribution in [0.25, 0.3) is 0 Å². The molecule has 266 valence electrons. The molecule has 0 amide bonds. The van der Waals surface area contributed by atoms with Crippen molar-refractivity contribution in [2.45, 2.75) is 116 Å². The molecular weight excluding hydrogens is 715 g/mol. The molecule has 6 bridgehead atoms. The molecule has 0 aromatic heterocycles. The summed E-state index contributed by atoms with van der Waals surface area (Å²) in [7, 11) is 0. The second-order valence-corrected chi connectivity index (χ2v) is 19.3. The first-order chi connectivity index (χ1) is 22.9. The molecule has 6 aliphatic carbocycles. The van der Waals surface area contributed by atoms with Crippen LogP contribution in [-0.2, 0) is 17.1 Å². The molecule has 6 saturated carbocycles. The van der Waals surface area contributed by atoms with Crippen LogP contribution in [0, 0.1) is 76.4 Å². The molecule has 6 unspecified atom stereocenters. The van der Waals surface area contributed by atoms with Gasteiger partial charge in [0, 0.05) is 23.0 Å². The van der Waals surface area contributed by atoms with Gasteiger partial charge >= 0.3 is 0 Å². The van der Waals surface area contributed by atoms with E-state index in [-0.39, 0.29) is 0 Å². The van der Waals surface area contributed by atoms with E-state index in [9.17, 15) is 0 Å². The van der Waals surface area contributed by atoms with Crippen LogP contribution < -0.4 is 0 Å². The third kappa shape index (κ3) is 7.09. The van der Waals surface area contributed by atoms with Gasteiger partial charge in [0.05, 0.1) is 0 Å². The van der Waals surface area contributed by atoms with E-state index in [0.29, 0.717) is 17.2 Å². The number of hydrogen-bond acceptors (Lipinski definition) is 0. The van der Waals surface area contributed by atoms with E-state index >= 15 is 0 Å². The van der Waals surface area contributed by atoms with Crippen molar-refractivity contribution in [3.05, 3.63) is 70.3 Å². The Labute approximate surface area is 317 Å². The summed E-state index contributed by atoms with van der Waals surface area (Å²) in [6.45, 7) is 17.0. The highest BCUT2D eigenvalue weighted by atomic mass is 79.9. The maximum atomic E-state index is 6.06. The highest BCUT2D eigenvalue weighted by Crippen LogP contribution is 2.62. The van der Waals surface area contributed by atoms with Crippen LogP contribution in [0.15, 0.2) is 42.5 Å². The monoisotopic (exact) mass is 774 g/mol. The van der Waals surface area contributed by atoms with Crippen LogP contribution in [-0.4, -0.2) is 5.88 Å². The molecule has 4 heteroatoms. The lowest BCUT2D eigenvalue weighted by Crippen LogP contribution is -2.34. The number of benzene rings is 2. The normalized spacial score (nSPS) is 43.2. The molecular formula is C44H62BrCl3. The molecule has 0 spiro atoms. The van der Waals surface area contributed by atoms with Crippen molar-refractivity contribution in [3.8, 4) is 0 Å². The molecule has 0 heterocycles. The van der Waals surface area contributed by atoms with Crippen LogP contribution in [0.3, 0.4) is 0 Å². The van der Waals surface area contributed by atoms with Gasteiger partial charge in [-0.25, -0.2) is 0 Å². The molecule has 48 heavy (non-hydrogen) atoms. The fourth-order valence-corrected chi connectivity index (χ4v) is 13.3. The topological polar surface area (TPSA) is 0 Å². The van der Waals surface area contributed by atoms with Gasteiger partial charge in [-0.1, -0.05) is 107 Å². The molecule has 6 fully saturated rings. The van der Waals surface area contributed by atoms with Gasteiger partial charge in [-0.15, -0.1) is 34.8 Å². The largest absolute Gasteiger partial charge is 0.126 e. The summed E-state index contributed by atoms with van der Waals surface area (Å²) >= 11 is 21.6. The molecule has 8 rings (SSSR count). The molecule has 15 atom stereocenters. The van der Waals surface area contributed by atoms with Gasteiger partial charge in [0.1, 0.15) is 0 Å². The van der Waals surface area contributed by atoms with E-state index in [1.165, 1.54) is 60.8 Å². The number of halogens is 4. The van der Waals surface area contributed by atoms with Crippen LogP contribution in [0.4, 0.5) is 0 Å². The van der Waals surface area contributed by atoms with Gasteiger partial charge in [-0.3, -0.25) is 0 Å². The molecule has 0 aliphatic heterocycles. The molecule has 0 saturated heterocycles. The number of alkyl halides is 4. The Morgan fingerprint density at radius 3 is 1.48 bits per heavy atom. The van der Waals surface area contributed by atoms with Crippen LogP contribution >= 0.6 is 50.7 Å². The lowest BCUT2D eigenvalue weighted by Gasteiger charge is -2.39. The predicted molar refractivity (Wildman–Crippen MR) is 213 cm³/mol. The third-order valence-corrected chi connectivity index (χ3v) is 17.7. The van der Waals surface area contributed by atoms with E-state index in [1.807, 2.05) is 0 Å². The van der Waals surface area contributed by atoms with Crippen molar-refractivity contribution in [2.75, 3.05) is 5.88 Å². The smallest absolute Gasteiger partial charge is 0.0474 e. The maximum Gasteiger partial charge on any atom is 0.0474 e. The predicted octanol–water partition coefficient (Wildman–Crippen LogP) is 14.1. The van der Waals surface area contributed by atoms with E-state index in [1.54, 1.807) is 5.56 Å². The van der Waals surface area contributed by atoms with Gasteiger partial charge < -0.3 is 0 Å². The minimum Gasteiger partial charge on any atom is -0.126 e. The van der Waals surface area contributed by atoms with Crippen molar-refractivity contribution in [2.24, 2.45) is 76.4 Å². The summed E-state index contributed by atoms with van der Waals surface area (Å²) in [5, 5.41) is 0.970. The van der Waals surface area contributed by atoms with E-state index < -0.39 is 0 Å². The Bertz CT molecular complexity index is 1350. The number of fused-ring (bicyclic) bond motifs is 6. The zero-order valence-corrected chi connectivity index (χ0v) is 34.6. The average Bonchev–Trinajstić information content (AvgIpc) is 3.96. The summed E-state index contributed by atoms with van der Waals surface area (Å²) in [5.74, 6) is 14.8. The highest BCUT2D eigenvalue weighted by Gasteiger charge is 2.54. The number of rotatable bonds is 6. The van der Waals surface area contributed by atoms with Crippen molar-refractivity contribution in [3.63, 3.8) is 0 Å². The quantitative estimate of drug-likeness (QED) is 0.256. The first-order valence-electron chi connectivity index (χ1n) is 19.4. The Morgan fingerprint density at radius 2 is 1.08 bits per heavy atom. The van der Waals surface area contributed by atoms with Gasteiger partial charge in [0.2, 0.25) is 0 Å². The minimum absolute atomic E-state index is 0.470. The van der Waals surface area contributed by atoms with Crippen LogP contribution in [0.2, 0.25) is 0 Å². The Kier molecular flexibility index (Phi) is 12.1. The Morgan fingerprint density at radius 1 is 0.583 bits per heavy atom. The van der Waals surface area contributed by atoms with E-state index in [4.69, 9.17) is 34.8 Å². The minimum atomic E-state index is 0.470. The fraction of sp³-hybridized carbons (Fsp3) is 0.727. The lowest BCUT2D eigenvalue weighted by atomic mass is 9.68. The summed E-state index contributed by atoms with van der Waals surface area (Å²) < 4.78 is 0. The fourth-order valence-electron chi connectivity index (χ4n) is 12.3. The third-order valence-electron chi connectivity index (χ3n) is 15.9. The SMILES string of the molecule is CC1C(C)[C@H]2C[C@@H]1C[C@@H]2c1cc(CCl)cc(CCl)c1.CC1C(C)[C@H]2C[C@@H]1C[C@@H]2c1ccc(CBr)cc1.CC1C(C)[C@H]2C[C@@H]1C[C@]2(C)CCl. The standard InChI is InChI=1S/C17H22Cl2.C16H21Br.C11H19Cl/c1-10-11(2)16-6-14(10)7-17(16)15-4-12(8-18)3-13(5-15)9-19;1-10-11(2)15-7-14(10)8-16(15)13-5-3-12(9-17)4-6-13;1-7-8(2)10-4-9(7)5-11(10,3)6-12/h3-5,10-11,14,16-17H,6-9H2,1-2H3;3-6,10-11,14-16H,7-9H2,1-2H3;7-10H,4-6H2,1-3H3/t10?,11?,14-,16-,17-;10?,11?,14-,15-,16-;7?,8?,9-,10-,11-/m111/s1. The Hall–Kier alpha value is -0.210. The Balaban J connectivity index is 0.000000129. The summed E-state index contributed by atoms with van der Waals surface area (Å²) in [5.41, 5.74) is 7.37. The first kappa shape index (κ1) is 37.5. The lowest BCUT2D eigenvalue weighted by molar-refractivity contribution is 0.121. The van der Waals surface area contributed by atoms with Gasteiger partial charge in [0.25, 0.3) is 0 Å². The van der Waals surface area contributed by atoms with Crippen LogP contribution in [0.1, 0.15) is 127 Å². The van der Waals surface area contributed by atoms with Crippen molar-refractivity contribution >= 4 is 50.7 Å². The summed E-state index contributed by atoms with van der Waals surface area (Å²) in [6.07, 6.45) is 8.53. The summed E-state index contributed by atoms with van der Waals surface area (Å²) in [4.78, 5) is 0. The van der Waals surface area contributed by atoms with Crippen molar-refractivity contribution in [1.82, 2.24) is 0 Å². The molecule has 0 radical (unpaired) electrons. The molecule has 6 aliphatic rings. The zero-order chi connectivity index (χ0) is 34.5. The number of hydrogen-bond donors (Lipinski definition) is 0. The van der Waals surface area contributed by atoms with Crippen LogP contribution in [0.5, 0.6) is 0 Å². The molecule has 0 nitrogen and oxygen atoms in total. The first-order valence-corrected chi connectivity index (χ1v) is 22.1. The highest BCUT2D eigenvalue weighted by molar-refractivity contribution is 9.08. The second-order valence-electron chi connectivity index (χ2n) is 18.0. The summed E-state index contributed by atoms with van der Waals surface area (Å²) in [6, 6.07) is 16.0. The van der Waals surface area contributed by atoms with Gasteiger partial charge in [-0.05, 0) is 155 Å². The van der Waals surface area contributed by atoms with Gasteiger partial charge in [-0.2, -0.15) is 0 Å². The average molecular weight is 777 g/mol. The molecule has 0 N–H and O–H groups in total. The van der Waals surface area contributed by atoms with Crippen molar-refractivity contribution in [1.29, 1.82) is 0 Å². The molecule has 2 aromatic rings. The zero-order valence-electron chi connectivity index (χ0n) is 30.7. The van der Waals surface area contributed by atoms with Crippen molar-refractivity contribution < 1.29 is 0 Å². The van der Waals surface area contributed by atoms with E-state index in [0.717, 1.165) is 94.1 Å². The maximum absolute atomic E-state index is 6.06. The second kappa shape index (κ2) is 15.4.